The van der Waals surface area contributed by atoms with Crippen molar-refractivity contribution in [1.29, 1.82) is 0 Å². The van der Waals surface area contributed by atoms with Crippen molar-refractivity contribution >= 4 is 30.1 Å². The second-order valence-electron chi connectivity index (χ2n) is 8.54. The Morgan fingerprint density at radius 3 is 2.03 bits per heavy atom. The van der Waals surface area contributed by atoms with E-state index in [9.17, 15) is 45.0 Å². The lowest BCUT2D eigenvalue weighted by Gasteiger charge is -2.40. The summed E-state index contributed by atoms with van der Waals surface area (Å²) >= 11 is 0. The van der Waals surface area contributed by atoms with Crippen LogP contribution in [0.3, 0.4) is 0 Å². The molecule has 0 spiro atoms. The second-order valence-corrected chi connectivity index (χ2v) is 8.54. The summed E-state index contributed by atoms with van der Waals surface area (Å²) in [4.78, 5) is 36.5. The van der Waals surface area contributed by atoms with E-state index in [4.69, 9.17) is 14.2 Å². The second kappa shape index (κ2) is 11.7. The van der Waals surface area contributed by atoms with Crippen LogP contribution in [0.4, 0.5) is 0 Å². The maximum absolute atomic E-state index is 12.5. The van der Waals surface area contributed by atoms with Gasteiger partial charge in [0, 0.05) is 25.0 Å². The normalized spacial score (nSPS) is 23.3. The molecule has 0 amide bonds. The summed E-state index contributed by atoms with van der Waals surface area (Å²) in [5.41, 5.74) is -1.66. The zero-order valence-electron chi connectivity index (χ0n) is 20.1. The largest absolute Gasteiger partial charge is 0.504 e. The van der Waals surface area contributed by atoms with Gasteiger partial charge in [-0.15, -0.1) is 0 Å². The van der Waals surface area contributed by atoms with E-state index < -0.39 is 60.4 Å². The first kappa shape index (κ1) is 28.0. The van der Waals surface area contributed by atoms with Gasteiger partial charge in [0.1, 0.15) is 6.10 Å². The summed E-state index contributed by atoms with van der Waals surface area (Å²) in [5.74, 6) is -4.36. The van der Waals surface area contributed by atoms with Crippen LogP contribution in [0.25, 0.3) is 12.2 Å². The number of ether oxygens (including phenoxy) is 3. The van der Waals surface area contributed by atoms with Crippen LogP contribution in [0, 0.1) is 0 Å². The van der Waals surface area contributed by atoms with Crippen LogP contribution in [0.15, 0.2) is 48.6 Å². The molecule has 1 saturated carbocycles. The molecule has 3 rings (SSSR count). The van der Waals surface area contributed by atoms with E-state index in [-0.39, 0.29) is 17.2 Å². The predicted octanol–water partition coefficient (Wildman–Crippen LogP) is 1.33. The predicted molar refractivity (Wildman–Crippen MR) is 130 cm³/mol. The van der Waals surface area contributed by atoms with E-state index in [1.165, 1.54) is 55.7 Å². The minimum Gasteiger partial charge on any atom is -0.504 e. The molecule has 4 atom stereocenters. The van der Waals surface area contributed by atoms with E-state index in [1.54, 1.807) is 0 Å². The van der Waals surface area contributed by atoms with Crippen molar-refractivity contribution in [1.82, 2.24) is 0 Å². The van der Waals surface area contributed by atoms with Crippen LogP contribution >= 0.6 is 0 Å². The maximum atomic E-state index is 12.5. The summed E-state index contributed by atoms with van der Waals surface area (Å²) in [7, 11) is 1.35. The van der Waals surface area contributed by atoms with E-state index in [0.717, 1.165) is 12.2 Å². The Morgan fingerprint density at radius 1 is 0.868 bits per heavy atom. The highest BCUT2D eigenvalue weighted by Gasteiger charge is 2.52. The quantitative estimate of drug-likeness (QED) is 0.163. The molecule has 0 radical (unpaired) electrons. The number of carbonyl (C=O) groups excluding carboxylic acids is 2. The molecule has 1 aliphatic carbocycles. The minimum atomic E-state index is -2.45. The van der Waals surface area contributed by atoms with Crippen molar-refractivity contribution in [3.05, 3.63) is 59.7 Å². The number of phenols is 3. The van der Waals surface area contributed by atoms with Crippen LogP contribution in [0.5, 0.6) is 23.0 Å². The molecule has 0 aromatic heterocycles. The molecule has 12 nitrogen and oxygen atoms in total. The number of benzene rings is 2. The van der Waals surface area contributed by atoms with Gasteiger partial charge in [0.25, 0.3) is 0 Å². The van der Waals surface area contributed by atoms with Crippen molar-refractivity contribution in [2.75, 3.05) is 7.11 Å². The number of aliphatic hydroxyl groups is 2. The molecule has 2 aromatic rings. The third kappa shape index (κ3) is 6.81. The summed E-state index contributed by atoms with van der Waals surface area (Å²) < 4.78 is 15.5. The Kier molecular flexibility index (Phi) is 8.61. The molecular weight excluding hydrogens is 504 g/mol. The molecule has 0 aliphatic heterocycles. The number of carboxylic acids is 1. The van der Waals surface area contributed by atoms with Gasteiger partial charge in [-0.2, -0.15) is 0 Å². The number of aliphatic carboxylic acids is 1. The fraction of sp³-hybridized carbons (Fsp3) is 0.269. The molecule has 12 heteroatoms. The number of methoxy groups -OCH3 is 1. The SMILES string of the molecule is COc1cc(/C=C/C(=O)O[C@@H]2[C@H](O)C[C@@](O)(C(=O)O)C[C@H]2OC(=O)/C=C\c2ccc(O)c(O)c2)ccc1O. The highest BCUT2D eigenvalue weighted by atomic mass is 16.6. The number of aromatic hydroxyl groups is 3. The van der Waals surface area contributed by atoms with Crippen molar-refractivity contribution < 1.29 is 59.2 Å². The Morgan fingerprint density at radius 2 is 1.45 bits per heavy atom. The number of phenolic OH excluding ortho intramolecular Hbond substituents is 3. The third-order valence-electron chi connectivity index (χ3n) is 5.78. The fourth-order valence-electron chi connectivity index (χ4n) is 3.81. The van der Waals surface area contributed by atoms with Gasteiger partial charge in [0.05, 0.1) is 13.2 Å². The topological polar surface area (TPSA) is 200 Å². The summed E-state index contributed by atoms with van der Waals surface area (Å²) in [5, 5.41) is 58.9. The van der Waals surface area contributed by atoms with Crippen LogP contribution in [0.1, 0.15) is 24.0 Å². The van der Waals surface area contributed by atoms with Crippen LogP contribution in [0.2, 0.25) is 0 Å². The first-order valence-electron chi connectivity index (χ1n) is 11.2. The smallest absolute Gasteiger partial charge is 0.335 e. The summed E-state index contributed by atoms with van der Waals surface area (Å²) in [6.45, 7) is 0. The standard InChI is InChI=1S/C26H26O12/c1-36-20-11-15(3-7-17(20)28)5-9-23(32)38-24-19(30)12-26(35,25(33)34)13-21(24)37-22(31)8-4-14-2-6-16(27)18(29)10-14/h2-11,19,21,24,27-30,35H,12-13H2,1H3,(H,33,34)/b8-4-,9-5+/t19-,21-,24-,26+/m1/s1. The molecule has 0 saturated heterocycles. The lowest BCUT2D eigenvalue weighted by molar-refractivity contribution is -0.204. The molecule has 6 N–H and O–H groups in total. The van der Waals surface area contributed by atoms with Crippen LogP contribution in [-0.2, 0) is 23.9 Å². The Bertz CT molecular complexity index is 1270. The molecule has 0 unspecified atom stereocenters. The Hall–Kier alpha value is -4.55. The average Bonchev–Trinajstić information content (AvgIpc) is 2.86. The molecule has 0 heterocycles. The molecule has 0 bridgehead atoms. The van der Waals surface area contributed by atoms with E-state index >= 15 is 0 Å². The zero-order chi connectivity index (χ0) is 28.0. The average molecular weight is 530 g/mol. The Labute approximate surface area is 216 Å². The molecule has 202 valence electrons. The molecule has 38 heavy (non-hydrogen) atoms. The first-order valence-corrected chi connectivity index (χ1v) is 11.2. The monoisotopic (exact) mass is 530 g/mol. The van der Waals surface area contributed by atoms with Gasteiger partial charge in [0.15, 0.2) is 34.7 Å². The maximum Gasteiger partial charge on any atom is 0.335 e. The number of carbonyl (C=O) groups is 3. The number of carboxylic acid groups (broad SMARTS) is 1. The van der Waals surface area contributed by atoms with Crippen molar-refractivity contribution in [3.63, 3.8) is 0 Å². The third-order valence-corrected chi connectivity index (χ3v) is 5.78. The fourth-order valence-corrected chi connectivity index (χ4v) is 3.81. The number of esters is 2. The number of aliphatic hydroxyl groups excluding tert-OH is 1. The molecule has 1 aliphatic rings. The van der Waals surface area contributed by atoms with Gasteiger partial charge in [-0.25, -0.2) is 14.4 Å². The summed E-state index contributed by atoms with van der Waals surface area (Å²) in [6, 6.07) is 8.06. The van der Waals surface area contributed by atoms with Crippen molar-refractivity contribution in [2.45, 2.75) is 36.8 Å². The molecular formula is C26H26O12. The highest BCUT2D eigenvalue weighted by molar-refractivity contribution is 5.88. The van der Waals surface area contributed by atoms with Gasteiger partial charge < -0.3 is 44.8 Å². The van der Waals surface area contributed by atoms with Crippen LogP contribution in [-0.4, -0.2) is 79.6 Å². The van der Waals surface area contributed by atoms with Gasteiger partial charge >= 0.3 is 17.9 Å². The first-order chi connectivity index (χ1) is 17.9. The van der Waals surface area contributed by atoms with Gasteiger partial charge in [-0.1, -0.05) is 12.1 Å². The van der Waals surface area contributed by atoms with Gasteiger partial charge in [0.2, 0.25) is 0 Å². The Balaban J connectivity index is 1.75. The molecule has 2 aromatic carbocycles. The van der Waals surface area contributed by atoms with Crippen molar-refractivity contribution in [2.24, 2.45) is 0 Å². The lowest BCUT2D eigenvalue weighted by Crippen LogP contribution is -2.58. The number of hydrogen-bond donors (Lipinski definition) is 6. The molecule has 1 fully saturated rings. The summed E-state index contributed by atoms with van der Waals surface area (Å²) in [6.07, 6.45) is -1.56. The number of rotatable bonds is 8. The minimum absolute atomic E-state index is 0.107. The van der Waals surface area contributed by atoms with E-state index in [2.05, 4.69) is 0 Å². The highest BCUT2D eigenvalue weighted by Crippen LogP contribution is 2.33. The van der Waals surface area contributed by atoms with E-state index in [1.807, 2.05) is 0 Å². The van der Waals surface area contributed by atoms with Gasteiger partial charge in [-0.3, -0.25) is 0 Å². The zero-order valence-corrected chi connectivity index (χ0v) is 20.1. The number of hydrogen-bond acceptors (Lipinski definition) is 11. The lowest BCUT2D eigenvalue weighted by atomic mass is 9.79. The van der Waals surface area contributed by atoms with Gasteiger partial charge in [-0.05, 0) is 47.5 Å². The van der Waals surface area contributed by atoms with E-state index in [0.29, 0.717) is 11.1 Å². The van der Waals surface area contributed by atoms with Crippen LogP contribution < -0.4 is 4.74 Å². The van der Waals surface area contributed by atoms with Crippen molar-refractivity contribution in [3.8, 4) is 23.0 Å².